The molecule has 3 aromatic rings. The van der Waals surface area contributed by atoms with Crippen molar-refractivity contribution in [2.24, 2.45) is 0 Å². The Kier molecular flexibility index (Phi) is 7.30. The number of carboxylic acid groups (broad SMARTS) is 1. The zero-order valence-electron chi connectivity index (χ0n) is 22.0. The van der Waals surface area contributed by atoms with Gasteiger partial charge in [0.15, 0.2) is 5.43 Å². The molecule has 0 radical (unpaired) electrons. The fourth-order valence-corrected chi connectivity index (χ4v) is 4.75. The minimum Gasteiger partial charge on any atom is -0.478 e. The average molecular weight is 507 g/mol. The molecule has 196 valence electrons. The molecule has 2 heterocycles. The number of carbonyl (C=O) groups excluding carboxylic acids is 1. The van der Waals surface area contributed by atoms with E-state index in [2.05, 4.69) is 5.32 Å². The predicted molar refractivity (Wildman–Crippen MR) is 142 cm³/mol. The van der Waals surface area contributed by atoms with Gasteiger partial charge in [-0.2, -0.15) is 0 Å². The molecule has 37 heavy (non-hydrogen) atoms. The zero-order valence-corrected chi connectivity index (χ0v) is 22.0. The number of carboxylic acids is 1. The van der Waals surface area contributed by atoms with Crippen LogP contribution in [0.3, 0.4) is 0 Å². The molecule has 0 aliphatic carbocycles. The number of carbonyl (C=O) groups is 2. The molecular weight excluding hydrogens is 472 g/mol. The number of benzene rings is 2. The Balaban J connectivity index is 1.62. The monoisotopic (exact) mass is 506 g/mol. The van der Waals surface area contributed by atoms with E-state index in [0.717, 1.165) is 11.1 Å². The second-order valence-electron chi connectivity index (χ2n) is 10.7. The van der Waals surface area contributed by atoms with Gasteiger partial charge in [0.1, 0.15) is 16.9 Å². The number of nitrogens with zero attached hydrogens (tertiary/aromatic N) is 1. The van der Waals surface area contributed by atoms with Gasteiger partial charge in [-0.15, -0.1) is 0 Å². The van der Waals surface area contributed by atoms with Crippen LogP contribution in [0.2, 0.25) is 0 Å². The first kappa shape index (κ1) is 26.3. The summed E-state index contributed by atoms with van der Waals surface area (Å²) in [6.45, 7) is 10.4. The lowest BCUT2D eigenvalue weighted by Crippen LogP contribution is -2.41. The molecule has 0 bridgehead atoms. The summed E-state index contributed by atoms with van der Waals surface area (Å²) in [6, 6.07) is 11.7. The Bertz CT molecular complexity index is 1380. The number of aryl methyl sites for hydroxylation is 1. The lowest BCUT2D eigenvalue weighted by molar-refractivity contribution is 0.0200. The molecule has 1 aromatic heterocycles. The highest BCUT2D eigenvalue weighted by molar-refractivity contribution is 5.94. The van der Waals surface area contributed by atoms with Gasteiger partial charge in [0.05, 0.1) is 17.0 Å². The van der Waals surface area contributed by atoms with Crippen LogP contribution in [0.25, 0.3) is 11.0 Å². The molecule has 1 saturated heterocycles. The Morgan fingerprint density at radius 2 is 1.81 bits per heavy atom. The highest BCUT2D eigenvalue weighted by Crippen LogP contribution is 2.33. The van der Waals surface area contributed by atoms with E-state index in [-0.39, 0.29) is 29.0 Å². The van der Waals surface area contributed by atoms with Gasteiger partial charge in [0.2, 0.25) is 0 Å². The largest absolute Gasteiger partial charge is 0.478 e. The van der Waals surface area contributed by atoms with Crippen molar-refractivity contribution in [2.45, 2.75) is 65.0 Å². The van der Waals surface area contributed by atoms with Crippen molar-refractivity contribution < 1.29 is 23.8 Å². The standard InChI is InChI=1S/C29H34N2O6/c1-17-14-21(18(2)30-23-9-7-6-8-20(23)27(33)34)26-22(15-17)24(32)16-25(36-26)19-10-12-31(13-11-19)28(35)37-29(3,4)5/h6-9,14-16,18-19,30H,10-13H2,1-5H3,(H,33,34). The van der Waals surface area contributed by atoms with Gasteiger partial charge in [0, 0.05) is 36.3 Å². The second kappa shape index (κ2) is 10.3. The topological polar surface area (TPSA) is 109 Å². The van der Waals surface area contributed by atoms with Gasteiger partial charge in [-0.1, -0.05) is 18.2 Å². The number of hydrogen-bond donors (Lipinski definition) is 2. The molecule has 0 spiro atoms. The molecule has 4 rings (SSSR count). The Morgan fingerprint density at radius 1 is 1.14 bits per heavy atom. The number of ether oxygens (including phenoxy) is 1. The summed E-state index contributed by atoms with van der Waals surface area (Å²) in [6.07, 6.45) is 0.994. The maximum Gasteiger partial charge on any atom is 0.410 e. The highest BCUT2D eigenvalue weighted by atomic mass is 16.6. The number of piperidine rings is 1. The molecule has 8 heteroatoms. The van der Waals surface area contributed by atoms with Gasteiger partial charge < -0.3 is 24.5 Å². The number of rotatable bonds is 5. The van der Waals surface area contributed by atoms with Gasteiger partial charge >= 0.3 is 12.1 Å². The summed E-state index contributed by atoms with van der Waals surface area (Å²) in [4.78, 5) is 39.0. The van der Waals surface area contributed by atoms with E-state index in [1.807, 2.05) is 46.8 Å². The fraction of sp³-hybridized carbons (Fsp3) is 0.414. The number of hydrogen-bond acceptors (Lipinski definition) is 6. The smallest absolute Gasteiger partial charge is 0.410 e. The first-order chi connectivity index (χ1) is 17.4. The number of fused-ring (bicyclic) bond motifs is 1. The van der Waals surface area contributed by atoms with E-state index in [1.165, 1.54) is 0 Å². The van der Waals surface area contributed by atoms with Crippen LogP contribution in [0.4, 0.5) is 10.5 Å². The van der Waals surface area contributed by atoms with Gasteiger partial charge in [-0.25, -0.2) is 9.59 Å². The molecule has 8 nitrogen and oxygen atoms in total. The third-order valence-corrected chi connectivity index (χ3v) is 6.57. The van der Waals surface area contributed by atoms with E-state index >= 15 is 0 Å². The van der Waals surface area contributed by atoms with E-state index in [4.69, 9.17) is 9.15 Å². The Hall–Kier alpha value is -3.81. The molecular formula is C29H34N2O6. The molecule has 1 aliphatic heterocycles. The highest BCUT2D eigenvalue weighted by Gasteiger charge is 2.29. The summed E-state index contributed by atoms with van der Waals surface area (Å²) in [5, 5.41) is 13.3. The molecule has 0 saturated carbocycles. The van der Waals surface area contributed by atoms with Crippen molar-refractivity contribution in [3.63, 3.8) is 0 Å². The van der Waals surface area contributed by atoms with Crippen LogP contribution in [0.15, 0.2) is 51.7 Å². The van der Waals surface area contributed by atoms with E-state index in [1.54, 1.807) is 35.2 Å². The second-order valence-corrected chi connectivity index (χ2v) is 10.7. The van der Waals surface area contributed by atoms with Crippen LogP contribution >= 0.6 is 0 Å². The van der Waals surface area contributed by atoms with Crippen LogP contribution in [0.1, 0.15) is 79.7 Å². The molecule has 1 aliphatic rings. The molecule has 1 unspecified atom stereocenters. The maximum absolute atomic E-state index is 13.2. The van der Waals surface area contributed by atoms with Gasteiger partial charge in [-0.05, 0) is 71.2 Å². The molecule has 1 fully saturated rings. The number of para-hydroxylation sites is 1. The number of anilines is 1. The summed E-state index contributed by atoms with van der Waals surface area (Å²) in [5.74, 6) is -0.415. The van der Waals surface area contributed by atoms with Crippen molar-refractivity contribution >= 4 is 28.7 Å². The number of likely N-dealkylation sites (tertiary alicyclic amines) is 1. The van der Waals surface area contributed by atoms with Gasteiger partial charge in [0.25, 0.3) is 0 Å². The third-order valence-electron chi connectivity index (χ3n) is 6.57. The number of amides is 1. The van der Waals surface area contributed by atoms with Gasteiger partial charge in [-0.3, -0.25) is 4.79 Å². The number of aromatic carboxylic acids is 1. The van der Waals surface area contributed by atoms with Crippen molar-refractivity contribution in [2.75, 3.05) is 18.4 Å². The van der Waals surface area contributed by atoms with Crippen molar-refractivity contribution in [1.29, 1.82) is 0 Å². The fourth-order valence-electron chi connectivity index (χ4n) is 4.75. The van der Waals surface area contributed by atoms with E-state index < -0.39 is 11.6 Å². The summed E-state index contributed by atoms with van der Waals surface area (Å²) in [5.41, 5.74) is 2.18. The lowest BCUT2D eigenvalue weighted by atomic mass is 9.93. The first-order valence-corrected chi connectivity index (χ1v) is 12.6. The minimum atomic E-state index is -1.02. The SMILES string of the molecule is Cc1cc(C(C)Nc2ccccc2C(=O)O)c2oc(C3CCN(C(=O)OC(C)(C)C)CC3)cc(=O)c2c1. The van der Waals surface area contributed by atoms with Crippen molar-refractivity contribution in [3.05, 3.63) is 75.1 Å². The van der Waals surface area contributed by atoms with Crippen molar-refractivity contribution in [3.8, 4) is 0 Å². The van der Waals surface area contributed by atoms with Crippen LogP contribution in [-0.4, -0.2) is 40.8 Å². The third kappa shape index (κ3) is 5.96. The molecule has 2 aromatic carbocycles. The predicted octanol–water partition coefficient (Wildman–Crippen LogP) is 6.09. The zero-order chi connectivity index (χ0) is 26.9. The first-order valence-electron chi connectivity index (χ1n) is 12.6. The normalized spacial score (nSPS) is 15.4. The van der Waals surface area contributed by atoms with Crippen LogP contribution in [0.5, 0.6) is 0 Å². The van der Waals surface area contributed by atoms with E-state index in [9.17, 15) is 19.5 Å². The maximum atomic E-state index is 13.2. The van der Waals surface area contributed by atoms with Crippen LogP contribution in [-0.2, 0) is 4.74 Å². The Morgan fingerprint density at radius 3 is 2.46 bits per heavy atom. The molecule has 1 atom stereocenters. The molecule has 1 amide bonds. The Labute approximate surface area is 216 Å². The van der Waals surface area contributed by atoms with E-state index in [0.29, 0.717) is 48.3 Å². The summed E-state index contributed by atoms with van der Waals surface area (Å²) < 4.78 is 11.9. The number of nitrogens with one attached hydrogen (secondary N) is 1. The lowest BCUT2D eigenvalue weighted by Gasteiger charge is -2.33. The van der Waals surface area contributed by atoms with Crippen LogP contribution < -0.4 is 10.7 Å². The quantitative estimate of drug-likeness (QED) is 0.431. The molecule has 2 N–H and O–H groups in total. The van der Waals surface area contributed by atoms with Crippen LogP contribution in [0, 0.1) is 6.92 Å². The summed E-state index contributed by atoms with van der Waals surface area (Å²) >= 11 is 0. The average Bonchev–Trinajstić information content (AvgIpc) is 2.83. The summed E-state index contributed by atoms with van der Waals surface area (Å²) in [7, 11) is 0. The minimum absolute atomic E-state index is 0.000872. The van der Waals surface area contributed by atoms with Crippen molar-refractivity contribution in [1.82, 2.24) is 4.90 Å².